The zero-order chi connectivity index (χ0) is 26.9. The Morgan fingerprint density at radius 3 is 2.31 bits per heavy atom. The van der Waals surface area contributed by atoms with E-state index in [1.54, 1.807) is 34.7 Å². The van der Waals surface area contributed by atoms with Crippen molar-refractivity contribution in [3.8, 4) is 11.3 Å². The zero-order valence-electron chi connectivity index (χ0n) is 20.5. The molecule has 0 saturated carbocycles. The highest BCUT2D eigenvalue weighted by Gasteiger charge is 2.21. The molecule has 1 amide bonds. The lowest BCUT2D eigenvalue weighted by atomic mass is 10.0. The Bertz CT molecular complexity index is 1870. The molecule has 7 nitrogen and oxygen atoms in total. The number of carbonyl (C=O) groups is 3. The van der Waals surface area contributed by atoms with Crippen molar-refractivity contribution in [2.75, 3.05) is 0 Å². The topological polar surface area (TPSA) is 101 Å². The fourth-order valence-corrected chi connectivity index (χ4v) is 5.15. The van der Waals surface area contributed by atoms with Crippen molar-refractivity contribution in [3.05, 3.63) is 131 Å². The van der Waals surface area contributed by atoms with Crippen LogP contribution in [-0.2, 0) is 6.54 Å². The van der Waals surface area contributed by atoms with Gasteiger partial charge in [0.05, 0.1) is 17.0 Å². The molecule has 0 aliphatic rings. The molecule has 3 heterocycles. The lowest BCUT2D eigenvalue weighted by Crippen LogP contribution is -2.26. The molecule has 6 rings (SSSR count). The predicted molar refractivity (Wildman–Crippen MR) is 150 cm³/mol. The second-order valence-corrected chi connectivity index (χ2v) is 9.73. The van der Waals surface area contributed by atoms with Crippen molar-refractivity contribution in [1.29, 1.82) is 0 Å². The molecule has 8 heteroatoms. The van der Waals surface area contributed by atoms with Crippen molar-refractivity contribution in [1.82, 2.24) is 14.1 Å². The summed E-state index contributed by atoms with van der Waals surface area (Å²) >= 11 is 1.32. The second kappa shape index (κ2) is 10.00. The molecule has 0 bridgehead atoms. The molecule has 3 aromatic carbocycles. The van der Waals surface area contributed by atoms with Crippen LogP contribution in [0, 0.1) is 0 Å². The SMILES string of the molecule is O=C(O)c1ccc(CNC(=O)c2cc(-c3ccsn3)cc3ccc(C(=O)c4ccc5ccccc5c4)n23)cc1. The molecule has 0 spiro atoms. The first kappa shape index (κ1) is 24.3. The van der Waals surface area contributed by atoms with Crippen LogP contribution < -0.4 is 5.32 Å². The van der Waals surface area contributed by atoms with E-state index in [4.69, 9.17) is 5.11 Å². The smallest absolute Gasteiger partial charge is 0.335 e. The van der Waals surface area contributed by atoms with Crippen LogP contribution in [0.4, 0.5) is 0 Å². The van der Waals surface area contributed by atoms with Gasteiger partial charge in [0.15, 0.2) is 0 Å². The van der Waals surface area contributed by atoms with Crippen molar-refractivity contribution in [2.24, 2.45) is 0 Å². The Morgan fingerprint density at radius 1 is 0.795 bits per heavy atom. The van der Waals surface area contributed by atoms with Gasteiger partial charge in [-0.1, -0.05) is 48.5 Å². The number of aromatic nitrogens is 2. The van der Waals surface area contributed by atoms with Crippen LogP contribution in [0.15, 0.2) is 102 Å². The van der Waals surface area contributed by atoms with E-state index in [0.717, 1.165) is 27.6 Å². The second-order valence-electron chi connectivity index (χ2n) is 9.07. The summed E-state index contributed by atoms with van der Waals surface area (Å²) in [5.41, 5.74) is 4.33. The van der Waals surface area contributed by atoms with E-state index in [2.05, 4.69) is 9.69 Å². The summed E-state index contributed by atoms with van der Waals surface area (Å²) in [6.07, 6.45) is 0. The van der Waals surface area contributed by atoms with E-state index in [0.29, 0.717) is 22.5 Å². The fourth-order valence-electron chi connectivity index (χ4n) is 4.62. The largest absolute Gasteiger partial charge is 0.478 e. The number of carboxylic acid groups (broad SMARTS) is 1. The van der Waals surface area contributed by atoms with Gasteiger partial charge in [-0.15, -0.1) is 0 Å². The van der Waals surface area contributed by atoms with Crippen LogP contribution in [0.1, 0.15) is 42.5 Å². The minimum absolute atomic E-state index is 0.173. The zero-order valence-corrected chi connectivity index (χ0v) is 21.3. The Kier molecular flexibility index (Phi) is 6.22. The van der Waals surface area contributed by atoms with Gasteiger partial charge >= 0.3 is 5.97 Å². The average Bonchev–Trinajstić information content (AvgIpc) is 3.66. The van der Waals surface area contributed by atoms with Crippen molar-refractivity contribution < 1.29 is 19.5 Å². The number of hydrogen-bond donors (Lipinski definition) is 2. The molecule has 0 saturated heterocycles. The van der Waals surface area contributed by atoms with E-state index in [1.165, 1.54) is 23.7 Å². The number of amides is 1. The number of hydrogen-bond acceptors (Lipinski definition) is 5. The van der Waals surface area contributed by atoms with E-state index in [9.17, 15) is 14.4 Å². The van der Waals surface area contributed by atoms with Crippen LogP contribution >= 0.6 is 11.5 Å². The number of nitrogens with zero attached hydrogens (tertiary/aromatic N) is 2. The summed E-state index contributed by atoms with van der Waals surface area (Å²) < 4.78 is 6.09. The molecule has 3 aromatic heterocycles. The van der Waals surface area contributed by atoms with E-state index in [-0.39, 0.29) is 23.8 Å². The fraction of sp³-hybridized carbons (Fsp3) is 0.0323. The van der Waals surface area contributed by atoms with Gasteiger partial charge in [-0.3, -0.25) is 9.59 Å². The number of carbonyl (C=O) groups excluding carboxylic acids is 2. The van der Waals surface area contributed by atoms with Crippen molar-refractivity contribution in [3.63, 3.8) is 0 Å². The van der Waals surface area contributed by atoms with Gasteiger partial charge in [0.1, 0.15) is 5.69 Å². The highest BCUT2D eigenvalue weighted by atomic mass is 32.1. The first-order chi connectivity index (χ1) is 19.0. The predicted octanol–water partition coefficient (Wildman–Crippen LogP) is 6.08. The third-order valence-corrected chi connectivity index (χ3v) is 7.17. The number of carboxylic acids is 1. The number of pyridine rings is 1. The van der Waals surface area contributed by atoms with Gasteiger partial charge in [0, 0.05) is 28.6 Å². The van der Waals surface area contributed by atoms with E-state index >= 15 is 0 Å². The van der Waals surface area contributed by atoms with Crippen LogP contribution in [0.25, 0.3) is 27.5 Å². The lowest BCUT2D eigenvalue weighted by molar-refractivity contribution is 0.0696. The third-order valence-electron chi connectivity index (χ3n) is 6.61. The molecular weight excluding hydrogens is 510 g/mol. The van der Waals surface area contributed by atoms with E-state index < -0.39 is 5.97 Å². The van der Waals surface area contributed by atoms with Gasteiger partial charge < -0.3 is 14.8 Å². The molecule has 6 aromatic rings. The minimum atomic E-state index is -1.01. The summed E-state index contributed by atoms with van der Waals surface area (Å²) in [5.74, 6) is -1.58. The third kappa shape index (κ3) is 4.69. The first-order valence-electron chi connectivity index (χ1n) is 12.2. The Balaban J connectivity index is 1.39. The van der Waals surface area contributed by atoms with Crippen molar-refractivity contribution in [2.45, 2.75) is 6.54 Å². The van der Waals surface area contributed by atoms with Crippen LogP contribution in [0.3, 0.4) is 0 Å². The standard InChI is InChI=1S/C31H21N3O4S/c35-29(23-10-9-20-3-1-2-4-22(20)15-23)27-12-11-25-16-24(26-13-14-39-33-26)17-28(34(25)27)30(36)32-18-19-5-7-21(8-6-19)31(37)38/h1-17H,18H2,(H,32,36)(H,37,38). The van der Waals surface area contributed by atoms with Gasteiger partial charge in [0.25, 0.3) is 5.91 Å². The number of fused-ring (bicyclic) bond motifs is 2. The van der Waals surface area contributed by atoms with Gasteiger partial charge in [-0.25, -0.2) is 4.79 Å². The van der Waals surface area contributed by atoms with Gasteiger partial charge in [-0.05, 0) is 76.4 Å². The van der Waals surface area contributed by atoms with E-state index in [1.807, 2.05) is 60.0 Å². The average molecular weight is 532 g/mol. The molecule has 190 valence electrons. The number of nitrogens with one attached hydrogen (secondary N) is 1. The molecule has 0 unspecified atom stereocenters. The highest BCUT2D eigenvalue weighted by molar-refractivity contribution is 7.03. The van der Waals surface area contributed by atoms with Crippen LogP contribution in [-0.4, -0.2) is 31.5 Å². The molecule has 2 N–H and O–H groups in total. The molecule has 0 aliphatic heterocycles. The maximum Gasteiger partial charge on any atom is 0.335 e. The molecule has 39 heavy (non-hydrogen) atoms. The minimum Gasteiger partial charge on any atom is -0.478 e. The van der Waals surface area contributed by atoms with Crippen LogP contribution in [0.2, 0.25) is 0 Å². The Hall–Kier alpha value is -5.08. The summed E-state index contributed by atoms with van der Waals surface area (Å²) in [4.78, 5) is 38.4. The van der Waals surface area contributed by atoms with Crippen LogP contribution in [0.5, 0.6) is 0 Å². The quantitative estimate of drug-likeness (QED) is 0.243. The Morgan fingerprint density at radius 2 is 1.56 bits per heavy atom. The first-order valence-corrected chi connectivity index (χ1v) is 13.0. The van der Waals surface area contributed by atoms with Crippen molar-refractivity contribution >= 4 is 45.5 Å². The molecule has 0 radical (unpaired) electrons. The number of ketones is 1. The monoisotopic (exact) mass is 531 g/mol. The molecule has 0 aliphatic carbocycles. The summed E-state index contributed by atoms with van der Waals surface area (Å²) in [7, 11) is 0. The summed E-state index contributed by atoms with van der Waals surface area (Å²) in [6, 6.07) is 28.8. The molecular formula is C31H21N3O4S. The Labute approximate surface area is 227 Å². The maximum atomic E-state index is 13.7. The van der Waals surface area contributed by atoms with Gasteiger partial charge in [0.2, 0.25) is 5.78 Å². The number of aromatic carboxylic acids is 1. The van der Waals surface area contributed by atoms with Gasteiger partial charge in [-0.2, -0.15) is 4.37 Å². The molecule has 0 atom stereocenters. The maximum absolute atomic E-state index is 13.7. The highest BCUT2D eigenvalue weighted by Crippen LogP contribution is 2.27. The summed E-state index contributed by atoms with van der Waals surface area (Å²) in [5, 5.41) is 15.9. The lowest BCUT2D eigenvalue weighted by Gasteiger charge is -2.13. The summed E-state index contributed by atoms with van der Waals surface area (Å²) in [6.45, 7) is 0.191. The number of rotatable bonds is 7. The molecule has 0 fully saturated rings. The normalized spacial score (nSPS) is 11.1. The number of benzene rings is 3.